The summed E-state index contributed by atoms with van der Waals surface area (Å²) < 4.78 is 66.5. The van der Waals surface area contributed by atoms with Crippen LogP contribution in [0.2, 0.25) is 5.02 Å². The molecule has 284 valence electrons. The van der Waals surface area contributed by atoms with Gasteiger partial charge < -0.3 is 14.9 Å². The molecule has 1 saturated heterocycles. The Hall–Kier alpha value is -4.33. The zero-order valence-electron chi connectivity index (χ0n) is 28.1. The van der Waals surface area contributed by atoms with E-state index in [0.717, 1.165) is 38.1 Å². The smallest absolute Gasteiger partial charge is 0.323 e. The van der Waals surface area contributed by atoms with Gasteiger partial charge in [-0.05, 0) is 48.3 Å². The summed E-state index contributed by atoms with van der Waals surface area (Å²) in [7, 11) is -7.05. The first-order valence-electron chi connectivity index (χ1n) is 15.7. The molecule has 0 saturated carbocycles. The lowest BCUT2D eigenvalue weighted by molar-refractivity contribution is -0.140. The third-order valence-corrected chi connectivity index (χ3v) is 12.6. The van der Waals surface area contributed by atoms with Crippen LogP contribution in [0.15, 0.2) is 70.8 Å². The van der Waals surface area contributed by atoms with Crippen LogP contribution in [-0.2, 0) is 42.8 Å². The van der Waals surface area contributed by atoms with Gasteiger partial charge in [0, 0.05) is 25.2 Å². The number of carbonyl (C=O) groups is 2. The fourth-order valence-corrected chi connectivity index (χ4v) is 9.28. The SMILES string of the molecule is [C-]#[N+]c1cc2c(cc1Cl)N(C)C(=CC=C(C=c1sc(=C3SC(=S)N(CC(=O)O)C3=O)n(CCS(=O)(=O)O)c1=O)Cc1ccccc1)N2CCCS(=O)(=O)O. The molecule has 3 N–H and O–H groups in total. The molecule has 15 nitrogen and oxygen atoms in total. The van der Waals surface area contributed by atoms with Crippen LogP contribution in [0.1, 0.15) is 12.0 Å². The second-order valence-corrected chi connectivity index (χ2v) is 18.1. The lowest BCUT2D eigenvalue weighted by Gasteiger charge is -2.22. The minimum atomic E-state index is -4.54. The first-order chi connectivity index (χ1) is 25.4. The quantitative estimate of drug-likeness (QED) is 0.129. The molecule has 1 aromatic heterocycles. The van der Waals surface area contributed by atoms with Crippen molar-refractivity contribution in [3.05, 3.63) is 108 Å². The largest absolute Gasteiger partial charge is 0.480 e. The van der Waals surface area contributed by atoms with Crippen molar-refractivity contribution >= 4 is 111 Å². The topological polar surface area (TPSA) is 199 Å². The third kappa shape index (κ3) is 9.66. The molecule has 0 radical (unpaired) electrons. The van der Waals surface area contributed by atoms with Gasteiger partial charge in [-0.15, -0.1) is 11.3 Å². The van der Waals surface area contributed by atoms with Crippen molar-refractivity contribution in [2.45, 2.75) is 19.4 Å². The molecule has 54 heavy (non-hydrogen) atoms. The van der Waals surface area contributed by atoms with Gasteiger partial charge in [-0.25, -0.2) is 4.85 Å². The van der Waals surface area contributed by atoms with Gasteiger partial charge in [-0.2, -0.15) is 16.8 Å². The van der Waals surface area contributed by atoms with Gasteiger partial charge in [0.1, 0.15) is 26.3 Å². The van der Waals surface area contributed by atoms with Crippen LogP contribution in [0.25, 0.3) is 15.8 Å². The highest BCUT2D eigenvalue weighted by Gasteiger charge is 2.35. The van der Waals surface area contributed by atoms with E-state index in [2.05, 4.69) is 4.85 Å². The Morgan fingerprint density at radius 2 is 1.70 bits per heavy atom. The van der Waals surface area contributed by atoms with E-state index in [0.29, 0.717) is 22.8 Å². The fraction of sp³-hybridized carbons (Fsp3) is 0.242. The Morgan fingerprint density at radius 1 is 1.02 bits per heavy atom. The Labute approximate surface area is 328 Å². The first-order valence-corrected chi connectivity index (χ1v) is 21.3. The summed E-state index contributed by atoms with van der Waals surface area (Å²) in [5.41, 5.74) is 2.14. The van der Waals surface area contributed by atoms with E-state index in [-0.39, 0.29) is 48.5 Å². The van der Waals surface area contributed by atoms with Gasteiger partial charge in [-0.1, -0.05) is 72.0 Å². The number of amides is 1. The van der Waals surface area contributed by atoms with E-state index in [1.54, 1.807) is 47.2 Å². The number of carboxylic acids is 1. The zero-order valence-corrected chi connectivity index (χ0v) is 32.9. The van der Waals surface area contributed by atoms with Crippen molar-refractivity contribution in [2.75, 3.05) is 41.4 Å². The number of fused-ring (bicyclic) bond motifs is 1. The number of rotatable bonds is 13. The molecule has 2 aliphatic rings. The number of aromatic nitrogens is 1. The summed E-state index contributed by atoms with van der Waals surface area (Å²) in [6.07, 6.45) is 5.35. The fourth-order valence-electron chi connectivity index (χ4n) is 5.62. The first kappa shape index (κ1) is 40.8. The van der Waals surface area contributed by atoms with E-state index >= 15 is 0 Å². The molecular formula is C33H30ClN5O10S5. The second-order valence-electron chi connectivity index (χ2n) is 11.8. The van der Waals surface area contributed by atoms with Crippen LogP contribution in [0.5, 0.6) is 0 Å². The summed E-state index contributed by atoms with van der Waals surface area (Å²) >= 11 is 13.2. The molecule has 2 aromatic carbocycles. The van der Waals surface area contributed by atoms with Crippen molar-refractivity contribution in [2.24, 2.45) is 0 Å². The van der Waals surface area contributed by atoms with Crippen molar-refractivity contribution < 1.29 is 40.6 Å². The Kier molecular flexibility index (Phi) is 12.5. The van der Waals surface area contributed by atoms with Crippen molar-refractivity contribution in [1.82, 2.24) is 9.47 Å². The molecule has 1 fully saturated rings. The maximum Gasteiger partial charge on any atom is 0.323 e. The van der Waals surface area contributed by atoms with E-state index in [9.17, 15) is 45.4 Å². The third-order valence-electron chi connectivity index (χ3n) is 8.05. The van der Waals surface area contributed by atoms with E-state index < -0.39 is 62.3 Å². The van der Waals surface area contributed by atoms with Gasteiger partial charge in [0.25, 0.3) is 31.7 Å². The van der Waals surface area contributed by atoms with Gasteiger partial charge in [0.2, 0.25) is 5.69 Å². The standard InChI is InChI=1S/C33H30ClN5O10S5/c1-35-23-18-25-24(17-22(23)34)36(2)27(37(25)11-6-13-53(44,45)46)10-9-21(15-20-7-4-3-5-8-20)16-26-30(42)38(12-14-54(47,48)49)32(51-26)29-31(43)39(19-28(40)41)33(50)52-29/h3-5,7-10,16-18H,6,11-15,19H2,2H3,(H,40,41)(H,44,45,46)(H,47,48,49). The molecule has 0 bridgehead atoms. The molecule has 0 aliphatic carbocycles. The lowest BCUT2D eigenvalue weighted by atomic mass is 10.0. The molecule has 3 aromatic rings. The molecule has 2 aliphatic heterocycles. The summed E-state index contributed by atoms with van der Waals surface area (Å²) in [5.74, 6) is -2.89. The molecule has 5 rings (SSSR count). The van der Waals surface area contributed by atoms with Crippen molar-refractivity contribution in [3.8, 4) is 0 Å². The number of hydrogen-bond acceptors (Lipinski definition) is 12. The van der Waals surface area contributed by atoms with Crippen LogP contribution >= 0.6 is 46.9 Å². The van der Waals surface area contributed by atoms with Crippen LogP contribution in [0.3, 0.4) is 0 Å². The van der Waals surface area contributed by atoms with E-state index in [4.69, 9.17) is 30.4 Å². The number of nitrogens with zero attached hydrogens (tertiary/aromatic N) is 5. The normalized spacial score (nSPS) is 17.2. The summed E-state index contributed by atoms with van der Waals surface area (Å²) in [6, 6.07) is 12.4. The number of thioether (sulfide) groups is 1. The Balaban J connectivity index is 1.69. The summed E-state index contributed by atoms with van der Waals surface area (Å²) in [4.78, 5) is 46.5. The number of thiazole rings is 1. The average Bonchev–Trinajstić information content (AvgIpc) is 3.64. The number of benzene rings is 2. The zero-order chi connectivity index (χ0) is 39.5. The monoisotopic (exact) mass is 851 g/mol. The number of aliphatic carboxylic acids is 1. The van der Waals surface area contributed by atoms with E-state index in [1.165, 1.54) is 0 Å². The number of carbonyl (C=O) groups excluding carboxylic acids is 1. The van der Waals surface area contributed by atoms with Crippen LogP contribution in [0.4, 0.5) is 17.1 Å². The minimum absolute atomic E-state index is 0.0287. The number of halogens is 1. The van der Waals surface area contributed by atoms with Crippen LogP contribution < -0.4 is 24.6 Å². The summed E-state index contributed by atoms with van der Waals surface area (Å²) in [5, 5.41) is 9.51. The predicted octanol–water partition coefficient (Wildman–Crippen LogP) is 3.08. The Morgan fingerprint density at radius 3 is 2.33 bits per heavy atom. The van der Waals surface area contributed by atoms with Gasteiger partial charge in [-0.3, -0.25) is 33.0 Å². The molecule has 3 heterocycles. The molecule has 0 unspecified atom stereocenters. The number of anilines is 2. The number of thiocarbonyl (C=S) groups is 1. The second kappa shape index (κ2) is 16.6. The van der Waals surface area contributed by atoms with Gasteiger partial charge in [0.05, 0.1) is 34.0 Å². The minimum Gasteiger partial charge on any atom is -0.480 e. The Bertz CT molecular complexity index is 2560. The molecule has 21 heteroatoms. The number of allylic oxidation sites excluding steroid dienone is 3. The van der Waals surface area contributed by atoms with Crippen molar-refractivity contribution in [3.63, 3.8) is 0 Å². The maximum atomic E-state index is 13.9. The van der Waals surface area contributed by atoms with Gasteiger partial charge >= 0.3 is 5.97 Å². The molecular weight excluding hydrogens is 822 g/mol. The molecule has 1 amide bonds. The number of carboxylic acid groups (broad SMARTS) is 1. The van der Waals surface area contributed by atoms with E-state index in [1.807, 2.05) is 30.3 Å². The lowest BCUT2D eigenvalue weighted by Crippen LogP contribution is -2.36. The highest BCUT2D eigenvalue weighted by molar-refractivity contribution is 8.30. The van der Waals surface area contributed by atoms with Crippen LogP contribution in [0, 0.1) is 6.57 Å². The van der Waals surface area contributed by atoms with Gasteiger partial charge in [0.15, 0.2) is 0 Å². The average molecular weight is 852 g/mol. The van der Waals surface area contributed by atoms with Crippen molar-refractivity contribution in [1.29, 1.82) is 0 Å². The molecule has 0 atom stereocenters. The number of hydrogen-bond donors (Lipinski definition) is 3. The maximum absolute atomic E-state index is 13.9. The highest BCUT2D eigenvalue weighted by Crippen LogP contribution is 2.46. The predicted molar refractivity (Wildman–Crippen MR) is 212 cm³/mol. The van der Waals surface area contributed by atoms with Crippen LogP contribution in [-0.4, -0.2) is 88.4 Å². The summed E-state index contributed by atoms with van der Waals surface area (Å²) in [6.45, 7) is 6.43. The molecule has 0 spiro atoms. The highest BCUT2D eigenvalue weighted by atomic mass is 35.5.